The lowest BCUT2D eigenvalue weighted by atomic mass is 10.1. The third kappa shape index (κ3) is 8.02. The van der Waals surface area contributed by atoms with Crippen molar-refractivity contribution in [2.75, 3.05) is 19.6 Å². The molecule has 0 unspecified atom stereocenters. The number of thiazole rings is 1. The van der Waals surface area contributed by atoms with E-state index >= 15 is 0 Å². The summed E-state index contributed by atoms with van der Waals surface area (Å²) in [6.07, 6.45) is 1.57. The molecule has 0 saturated carbocycles. The van der Waals surface area contributed by atoms with Crippen molar-refractivity contribution in [2.24, 2.45) is 10.1 Å². The van der Waals surface area contributed by atoms with E-state index in [-0.39, 0.29) is 28.9 Å². The zero-order valence-electron chi connectivity index (χ0n) is 16.4. The molecule has 10 heteroatoms. The highest BCUT2D eigenvalue weighted by Gasteiger charge is 2.07. The van der Waals surface area contributed by atoms with Gasteiger partial charge in [-0.3, -0.25) is 4.99 Å². The van der Waals surface area contributed by atoms with Crippen molar-refractivity contribution in [3.63, 3.8) is 0 Å². The summed E-state index contributed by atoms with van der Waals surface area (Å²) in [6, 6.07) is 6.61. The van der Waals surface area contributed by atoms with Crippen LogP contribution in [0.15, 0.2) is 34.2 Å². The van der Waals surface area contributed by atoms with Crippen LogP contribution in [0.1, 0.15) is 28.1 Å². The highest BCUT2D eigenvalue weighted by atomic mass is 127. The van der Waals surface area contributed by atoms with Crippen molar-refractivity contribution >= 4 is 51.3 Å². The first-order chi connectivity index (χ1) is 12.8. The van der Waals surface area contributed by atoms with Gasteiger partial charge in [0.2, 0.25) is 10.0 Å². The van der Waals surface area contributed by atoms with Gasteiger partial charge in [0.25, 0.3) is 0 Å². The Morgan fingerprint density at radius 2 is 1.86 bits per heavy atom. The van der Waals surface area contributed by atoms with Crippen molar-refractivity contribution < 1.29 is 8.42 Å². The Bertz CT molecular complexity index is 860. The fourth-order valence-corrected chi connectivity index (χ4v) is 3.86. The second-order valence-electron chi connectivity index (χ2n) is 6.13. The Labute approximate surface area is 188 Å². The number of rotatable bonds is 8. The molecule has 0 fully saturated rings. The van der Waals surface area contributed by atoms with Gasteiger partial charge in [-0.15, -0.1) is 35.3 Å². The summed E-state index contributed by atoms with van der Waals surface area (Å²) in [5.74, 6) is 0.767. The minimum atomic E-state index is -3.64. The normalized spacial score (nSPS) is 11.8. The van der Waals surface area contributed by atoms with E-state index in [0.717, 1.165) is 41.6 Å². The van der Waals surface area contributed by atoms with Crippen LogP contribution in [0.4, 0.5) is 0 Å². The predicted molar refractivity (Wildman–Crippen MR) is 126 cm³/mol. The molecule has 28 heavy (non-hydrogen) atoms. The summed E-state index contributed by atoms with van der Waals surface area (Å²) in [5, 5.41) is 12.7. The van der Waals surface area contributed by atoms with Crippen LogP contribution in [-0.2, 0) is 22.9 Å². The van der Waals surface area contributed by atoms with Crippen molar-refractivity contribution in [2.45, 2.75) is 38.5 Å². The summed E-state index contributed by atoms with van der Waals surface area (Å²) in [4.78, 5) is 10.5. The summed E-state index contributed by atoms with van der Waals surface area (Å²) in [6.45, 7) is 8.28. The van der Waals surface area contributed by atoms with E-state index in [1.54, 1.807) is 23.5 Å². The molecule has 1 aromatic carbocycles. The number of aromatic nitrogens is 1. The molecule has 0 atom stereocenters. The zero-order chi connectivity index (χ0) is 19.9. The van der Waals surface area contributed by atoms with Crippen molar-refractivity contribution in [3.05, 3.63) is 45.4 Å². The number of sulfonamides is 1. The Kier molecular flexibility index (Phi) is 10.4. The smallest absolute Gasteiger partial charge is 0.238 e. The van der Waals surface area contributed by atoms with Crippen LogP contribution in [0.25, 0.3) is 0 Å². The van der Waals surface area contributed by atoms with Crippen LogP contribution >= 0.6 is 35.3 Å². The Balaban J connectivity index is 0.00000392. The van der Waals surface area contributed by atoms with Crippen LogP contribution in [0, 0.1) is 13.8 Å². The SMILES string of the molecule is CCNC(=NCCc1nc(C)c(C)s1)NCCc1ccc(S(N)(=O)=O)cc1.I. The fourth-order valence-electron chi connectivity index (χ4n) is 2.42. The first-order valence-corrected chi connectivity index (χ1v) is 11.2. The average molecular weight is 537 g/mol. The van der Waals surface area contributed by atoms with Gasteiger partial charge < -0.3 is 10.6 Å². The van der Waals surface area contributed by atoms with E-state index in [2.05, 4.69) is 27.5 Å². The number of aryl methyl sites for hydroxylation is 2. The van der Waals surface area contributed by atoms with Gasteiger partial charge in [0.05, 0.1) is 15.6 Å². The van der Waals surface area contributed by atoms with Gasteiger partial charge in [-0.05, 0) is 44.9 Å². The van der Waals surface area contributed by atoms with Crippen LogP contribution < -0.4 is 15.8 Å². The number of nitrogens with two attached hydrogens (primary N) is 1. The third-order valence-corrected chi connectivity index (χ3v) is 6.03. The van der Waals surface area contributed by atoms with Gasteiger partial charge in [0, 0.05) is 30.9 Å². The zero-order valence-corrected chi connectivity index (χ0v) is 20.3. The van der Waals surface area contributed by atoms with E-state index in [4.69, 9.17) is 5.14 Å². The molecule has 1 heterocycles. The second-order valence-corrected chi connectivity index (χ2v) is 8.97. The van der Waals surface area contributed by atoms with Crippen LogP contribution in [0.3, 0.4) is 0 Å². The topological polar surface area (TPSA) is 109 Å². The summed E-state index contributed by atoms with van der Waals surface area (Å²) in [5.41, 5.74) is 2.12. The number of primary sulfonamides is 1. The number of hydrogen-bond donors (Lipinski definition) is 3. The van der Waals surface area contributed by atoms with Gasteiger partial charge in [-0.2, -0.15) is 0 Å². The first-order valence-electron chi connectivity index (χ1n) is 8.86. The highest BCUT2D eigenvalue weighted by Crippen LogP contribution is 2.16. The van der Waals surface area contributed by atoms with Gasteiger partial charge in [-0.1, -0.05) is 12.1 Å². The van der Waals surface area contributed by atoms with Gasteiger partial charge in [0.15, 0.2) is 5.96 Å². The quantitative estimate of drug-likeness (QED) is 0.272. The Hall–Kier alpha value is -1.24. The molecule has 0 aliphatic rings. The van der Waals surface area contributed by atoms with E-state index in [0.29, 0.717) is 13.1 Å². The lowest BCUT2D eigenvalue weighted by Gasteiger charge is -2.11. The fraction of sp³-hybridized carbons (Fsp3) is 0.444. The minimum Gasteiger partial charge on any atom is -0.357 e. The van der Waals surface area contributed by atoms with Crippen LogP contribution in [0.5, 0.6) is 0 Å². The Morgan fingerprint density at radius 3 is 2.39 bits per heavy atom. The molecule has 0 aliphatic carbocycles. The molecule has 0 bridgehead atoms. The van der Waals surface area contributed by atoms with E-state index < -0.39 is 10.0 Å². The molecule has 0 radical (unpaired) electrons. The molecule has 4 N–H and O–H groups in total. The van der Waals surface area contributed by atoms with E-state index in [9.17, 15) is 8.42 Å². The van der Waals surface area contributed by atoms with Crippen molar-refractivity contribution in [1.29, 1.82) is 0 Å². The lowest BCUT2D eigenvalue weighted by molar-refractivity contribution is 0.598. The minimum absolute atomic E-state index is 0. The molecular formula is C18H28IN5O2S2. The van der Waals surface area contributed by atoms with Crippen LogP contribution in [0.2, 0.25) is 0 Å². The molecule has 0 aliphatic heterocycles. The van der Waals surface area contributed by atoms with Crippen LogP contribution in [-0.4, -0.2) is 39.0 Å². The van der Waals surface area contributed by atoms with Gasteiger partial charge in [-0.25, -0.2) is 18.5 Å². The standard InChI is InChI=1S/C18H27N5O2S2.HI/c1-4-20-18(22-12-10-17-23-13(2)14(3)26-17)21-11-9-15-5-7-16(8-6-15)27(19,24)25;/h5-8H,4,9-12H2,1-3H3,(H2,19,24,25)(H2,20,21,22);1H. The number of benzene rings is 1. The average Bonchev–Trinajstić information content (AvgIpc) is 2.92. The second kappa shape index (κ2) is 11.7. The van der Waals surface area contributed by atoms with Crippen molar-refractivity contribution in [1.82, 2.24) is 15.6 Å². The van der Waals surface area contributed by atoms with E-state index in [1.165, 1.54) is 17.0 Å². The maximum atomic E-state index is 11.3. The molecule has 2 aromatic rings. The molecule has 0 saturated heterocycles. The molecule has 156 valence electrons. The number of hydrogen-bond acceptors (Lipinski definition) is 5. The molecule has 0 amide bonds. The number of aliphatic imine (C=N–C) groups is 1. The highest BCUT2D eigenvalue weighted by molar-refractivity contribution is 14.0. The maximum Gasteiger partial charge on any atom is 0.238 e. The van der Waals surface area contributed by atoms with Gasteiger partial charge in [0.1, 0.15) is 0 Å². The van der Waals surface area contributed by atoms with Crippen molar-refractivity contribution in [3.8, 4) is 0 Å². The molecular weight excluding hydrogens is 509 g/mol. The lowest BCUT2D eigenvalue weighted by Crippen LogP contribution is -2.38. The number of nitrogens with one attached hydrogen (secondary N) is 2. The molecule has 7 nitrogen and oxygen atoms in total. The predicted octanol–water partition coefficient (Wildman–Crippen LogP) is 2.37. The third-order valence-electron chi connectivity index (χ3n) is 3.97. The Morgan fingerprint density at radius 1 is 1.18 bits per heavy atom. The summed E-state index contributed by atoms with van der Waals surface area (Å²) in [7, 11) is -3.64. The van der Waals surface area contributed by atoms with Gasteiger partial charge >= 0.3 is 0 Å². The summed E-state index contributed by atoms with van der Waals surface area (Å²) < 4.78 is 22.6. The first kappa shape index (κ1) is 24.8. The number of guanidine groups is 1. The summed E-state index contributed by atoms with van der Waals surface area (Å²) >= 11 is 1.72. The number of halogens is 1. The molecule has 0 spiro atoms. The number of nitrogens with zero attached hydrogens (tertiary/aromatic N) is 2. The molecule has 2 rings (SSSR count). The molecule has 1 aromatic heterocycles. The maximum absolute atomic E-state index is 11.3. The van der Waals surface area contributed by atoms with E-state index in [1.807, 2.05) is 13.8 Å². The largest absolute Gasteiger partial charge is 0.357 e. The monoisotopic (exact) mass is 537 g/mol.